The molecule has 0 saturated carbocycles. The Balaban J connectivity index is 1.71. The van der Waals surface area contributed by atoms with E-state index >= 15 is 0 Å². The quantitative estimate of drug-likeness (QED) is 0.313. The molecule has 4 rings (SSSR count). The zero-order chi connectivity index (χ0) is 28.2. The summed E-state index contributed by atoms with van der Waals surface area (Å²) in [5, 5.41) is 9.37. The molecular formula is C30H27F6NO2. The Hall–Kier alpha value is -3.51. The molecule has 1 heterocycles. The van der Waals surface area contributed by atoms with Gasteiger partial charge >= 0.3 is 18.3 Å². The number of allylic oxidation sites excluding steroid dienone is 3. The summed E-state index contributed by atoms with van der Waals surface area (Å²) >= 11 is 0. The predicted molar refractivity (Wildman–Crippen MR) is 134 cm³/mol. The van der Waals surface area contributed by atoms with Crippen molar-refractivity contribution in [1.82, 2.24) is 4.90 Å². The number of piperidine rings is 1. The molecule has 3 nitrogen and oxygen atoms in total. The Kier molecular flexibility index (Phi) is 8.55. The molecule has 0 aromatic heterocycles. The SMILES string of the molecule is O=C(O)C[C@H]1CCN([C@@H](C#Cc2ccccc2)c2ccc(C(F)(F)F)cc2)[C@@H](C2C=CC(C(F)(F)F)=CC2)C1. The Morgan fingerprint density at radius 3 is 2.26 bits per heavy atom. The number of hydrogen-bond acceptors (Lipinski definition) is 2. The number of carboxylic acid groups (broad SMARTS) is 1. The van der Waals surface area contributed by atoms with Crippen molar-refractivity contribution in [3.05, 3.63) is 95.1 Å². The largest absolute Gasteiger partial charge is 0.481 e. The van der Waals surface area contributed by atoms with Gasteiger partial charge in [0, 0.05) is 24.6 Å². The van der Waals surface area contributed by atoms with Gasteiger partial charge in [0.15, 0.2) is 0 Å². The summed E-state index contributed by atoms with van der Waals surface area (Å²) in [6, 6.07) is 12.8. The fourth-order valence-corrected chi connectivity index (χ4v) is 5.28. The number of carbonyl (C=O) groups is 1. The molecule has 0 spiro atoms. The second-order valence-corrected chi connectivity index (χ2v) is 9.87. The normalized spacial score (nSPS) is 22.9. The number of aliphatic carboxylic acids is 1. The summed E-state index contributed by atoms with van der Waals surface area (Å²) in [6.45, 7) is 0.401. The van der Waals surface area contributed by atoms with Gasteiger partial charge in [0.1, 0.15) is 0 Å². The van der Waals surface area contributed by atoms with Gasteiger partial charge in [-0.05, 0) is 60.9 Å². The zero-order valence-corrected chi connectivity index (χ0v) is 20.8. The summed E-state index contributed by atoms with van der Waals surface area (Å²) < 4.78 is 79.4. The molecule has 0 amide bonds. The minimum absolute atomic E-state index is 0.0644. The van der Waals surface area contributed by atoms with E-state index in [9.17, 15) is 36.2 Å². The van der Waals surface area contributed by atoms with Crippen molar-refractivity contribution < 1.29 is 36.2 Å². The van der Waals surface area contributed by atoms with E-state index in [4.69, 9.17) is 0 Å². The van der Waals surface area contributed by atoms with E-state index in [0.717, 1.165) is 24.3 Å². The summed E-state index contributed by atoms with van der Waals surface area (Å²) in [5.74, 6) is 4.81. The summed E-state index contributed by atoms with van der Waals surface area (Å²) in [4.78, 5) is 13.4. The van der Waals surface area contributed by atoms with E-state index in [1.165, 1.54) is 18.2 Å². The standard InChI is InChI=1S/C30H27F6NO2/c31-29(32,33)24-11-7-22(8-12-24)26(15-6-20-4-2-1-3-5-20)37-17-16-21(19-28(38)39)18-27(37)23-9-13-25(14-10-23)30(34,35)36/h1-5,7-9,11-14,21,23,26-27H,10,16-19H2,(H,38,39)/t21-,23?,26-,27+/m0/s1. The van der Waals surface area contributed by atoms with Crippen molar-refractivity contribution in [3.8, 4) is 11.8 Å². The smallest absolute Gasteiger partial charge is 0.416 e. The van der Waals surface area contributed by atoms with Gasteiger partial charge < -0.3 is 5.11 Å². The highest BCUT2D eigenvalue weighted by atomic mass is 19.4. The van der Waals surface area contributed by atoms with E-state index in [0.29, 0.717) is 30.5 Å². The Bertz CT molecular complexity index is 1270. The van der Waals surface area contributed by atoms with Crippen LogP contribution in [0, 0.1) is 23.7 Å². The molecule has 2 aromatic rings. The van der Waals surface area contributed by atoms with Crippen molar-refractivity contribution >= 4 is 5.97 Å². The number of carboxylic acids is 1. The van der Waals surface area contributed by atoms with Crippen LogP contribution in [0.25, 0.3) is 0 Å². The van der Waals surface area contributed by atoms with Gasteiger partial charge in [-0.3, -0.25) is 9.69 Å². The lowest BCUT2D eigenvalue weighted by Gasteiger charge is -2.45. The molecule has 0 radical (unpaired) electrons. The van der Waals surface area contributed by atoms with Gasteiger partial charge in [-0.15, -0.1) is 0 Å². The molecule has 1 fully saturated rings. The van der Waals surface area contributed by atoms with Crippen LogP contribution in [0.4, 0.5) is 26.3 Å². The van der Waals surface area contributed by atoms with Crippen LogP contribution >= 0.6 is 0 Å². The van der Waals surface area contributed by atoms with E-state index in [2.05, 4.69) is 11.8 Å². The van der Waals surface area contributed by atoms with Crippen LogP contribution in [-0.2, 0) is 11.0 Å². The van der Waals surface area contributed by atoms with Crippen LogP contribution in [0.1, 0.15) is 48.4 Å². The average Bonchev–Trinajstić information content (AvgIpc) is 2.89. The molecule has 9 heteroatoms. The molecule has 39 heavy (non-hydrogen) atoms. The second-order valence-electron chi connectivity index (χ2n) is 9.87. The van der Waals surface area contributed by atoms with Crippen molar-refractivity contribution in [2.45, 2.75) is 50.1 Å². The molecule has 1 saturated heterocycles. The molecule has 2 aromatic carbocycles. The third-order valence-corrected chi connectivity index (χ3v) is 7.23. The van der Waals surface area contributed by atoms with Gasteiger partial charge in [0.05, 0.1) is 17.2 Å². The number of alkyl halides is 6. The number of benzene rings is 2. The van der Waals surface area contributed by atoms with Crippen molar-refractivity contribution in [3.63, 3.8) is 0 Å². The highest BCUT2D eigenvalue weighted by molar-refractivity contribution is 5.67. The first-order chi connectivity index (χ1) is 18.4. The maximum absolute atomic E-state index is 13.2. The third-order valence-electron chi connectivity index (χ3n) is 7.23. The number of likely N-dealkylation sites (tertiary alicyclic amines) is 1. The van der Waals surface area contributed by atoms with Crippen LogP contribution in [-0.4, -0.2) is 34.7 Å². The fraction of sp³-hybridized carbons (Fsp3) is 0.367. The molecule has 206 valence electrons. The van der Waals surface area contributed by atoms with Gasteiger partial charge in [-0.2, -0.15) is 26.3 Å². The van der Waals surface area contributed by atoms with Crippen LogP contribution in [0.3, 0.4) is 0 Å². The lowest BCUT2D eigenvalue weighted by Crippen LogP contribution is -2.48. The Morgan fingerprint density at radius 2 is 1.69 bits per heavy atom. The maximum atomic E-state index is 13.2. The summed E-state index contributed by atoms with van der Waals surface area (Å²) in [7, 11) is 0. The average molecular weight is 548 g/mol. The predicted octanol–water partition coefficient (Wildman–Crippen LogP) is 7.42. The minimum Gasteiger partial charge on any atom is -0.481 e. The zero-order valence-electron chi connectivity index (χ0n) is 20.8. The van der Waals surface area contributed by atoms with Crippen molar-refractivity contribution in [2.24, 2.45) is 11.8 Å². The maximum Gasteiger partial charge on any atom is 0.416 e. The molecule has 1 unspecified atom stereocenters. The van der Waals surface area contributed by atoms with Gasteiger partial charge in [0.2, 0.25) is 0 Å². The molecule has 1 N–H and O–H groups in total. The first-order valence-electron chi connectivity index (χ1n) is 12.6. The van der Waals surface area contributed by atoms with Crippen LogP contribution < -0.4 is 0 Å². The van der Waals surface area contributed by atoms with E-state index in [-0.39, 0.29) is 30.7 Å². The first-order valence-corrected chi connectivity index (χ1v) is 12.6. The van der Waals surface area contributed by atoms with Crippen LogP contribution in [0.2, 0.25) is 0 Å². The van der Waals surface area contributed by atoms with Gasteiger partial charge in [-0.25, -0.2) is 0 Å². The Labute approximate surface area is 222 Å². The van der Waals surface area contributed by atoms with Crippen LogP contribution in [0.15, 0.2) is 78.4 Å². The molecular weight excluding hydrogens is 520 g/mol. The highest BCUT2D eigenvalue weighted by Crippen LogP contribution is 2.40. The van der Waals surface area contributed by atoms with Gasteiger partial charge in [-0.1, -0.05) is 60.4 Å². The van der Waals surface area contributed by atoms with Crippen LogP contribution in [0.5, 0.6) is 0 Å². The number of hydrogen-bond donors (Lipinski definition) is 1. The lowest BCUT2D eigenvalue weighted by molar-refractivity contribution is -0.139. The third kappa shape index (κ3) is 7.33. The second kappa shape index (κ2) is 11.7. The molecule has 1 aliphatic heterocycles. The molecule has 4 atom stereocenters. The van der Waals surface area contributed by atoms with Crippen molar-refractivity contribution in [1.29, 1.82) is 0 Å². The van der Waals surface area contributed by atoms with E-state index < -0.39 is 35.5 Å². The highest BCUT2D eigenvalue weighted by Gasteiger charge is 2.40. The summed E-state index contributed by atoms with van der Waals surface area (Å²) in [6.07, 6.45) is -4.28. The Morgan fingerprint density at radius 1 is 1.00 bits per heavy atom. The fourth-order valence-electron chi connectivity index (χ4n) is 5.28. The lowest BCUT2D eigenvalue weighted by atomic mass is 9.78. The number of nitrogens with zero attached hydrogens (tertiary/aromatic N) is 1. The van der Waals surface area contributed by atoms with E-state index in [1.54, 1.807) is 12.1 Å². The topological polar surface area (TPSA) is 40.5 Å². The number of halogens is 6. The monoisotopic (exact) mass is 547 g/mol. The number of rotatable bonds is 5. The van der Waals surface area contributed by atoms with E-state index in [1.807, 2.05) is 23.1 Å². The van der Waals surface area contributed by atoms with Gasteiger partial charge in [0.25, 0.3) is 0 Å². The minimum atomic E-state index is -4.50. The molecule has 0 bridgehead atoms. The molecule has 2 aliphatic rings. The summed E-state index contributed by atoms with van der Waals surface area (Å²) in [5.41, 5.74) is -0.286. The molecule has 1 aliphatic carbocycles. The first kappa shape index (κ1) is 28.5. The van der Waals surface area contributed by atoms with Crippen molar-refractivity contribution in [2.75, 3.05) is 6.54 Å².